The molecule has 3 aromatic rings. The highest BCUT2D eigenvalue weighted by molar-refractivity contribution is 5.91. The zero-order valence-corrected chi connectivity index (χ0v) is 18.0. The molecule has 0 unspecified atom stereocenters. The maximum Gasteiger partial charge on any atom is 0.411 e. The van der Waals surface area contributed by atoms with E-state index >= 15 is 0 Å². The van der Waals surface area contributed by atoms with Crippen molar-refractivity contribution in [2.24, 2.45) is 11.8 Å². The van der Waals surface area contributed by atoms with Crippen LogP contribution in [0, 0.1) is 11.8 Å². The Morgan fingerprint density at radius 2 is 1.56 bits per heavy atom. The average Bonchev–Trinajstić information content (AvgIpc) is 3.34. The SMILES string of the molecule is O=C(Nc1ccccc1-c1ccccc1)O[C@H]1C[C@@H]2CN(Cc3ccc(O)cc3)C[C@@H]2C1. The number of amides is 1. The van der Waals surface area contributed by atoms with Crippen molar-refractivity contribution in [3.05, 3.63) is 84.4 Å². The molecule has 164 valence electrons. The number of rotatable bonds is 5. The van der Waals surface area contributed by atoms with Gasteiger partial charge in [0.2, 0.25) is 0 Å². The monoisotopic (exact) mass is 428 g/mol. The number of benzene rings is 3. The second-order valence-corrected chi connectivity index (χ2v) is 8.92. The second-order valence-electron chi connectivity index (χ2n) is 8.92. The number of fused-ring (bicyclic) bond motifs is 1. The van der Waals surface area contributed by atoms with Crippen molar-refractivity contribution in [3.8, 4) is 16.9 Å². The standard InChI is InChI=1S/C27H28N2O3/c30-23-12-10-19(11-13-23)16-29-17-21-14-24(15-22(21)18-29)32-27(31)28-26-9-5-4-8-25(26)20-6-2-1-3-7-20/h1-13,21-22,24,30H,14-18H2,(H,28,31)/t21-,22+,24+. The molecule has 5 rings (SSSR count). The Morgan fingerprint density at radius 1 is 0.906 bits per heavy atom. The first-order valence-corrected chi connectivity index (χ1v) is 11.3. The normalized spacial score (nSPS) is 22.4. The van der Waals surface area contributed by atoms with Gasteiger partial charge in [0.15, 0.2) is 0 Å². The summed E-state index contributed by atoms with van der Waals surface area (Å²) in [6.07, 6.45) is 1.44. The predicted octanol–water partition coefficient (Wildman–Crippen LogP) is 5.52. The number of nitrogens with one attached hydrogen (secondary N) is 1. The third kappa shape index (κ3) is 4.63. The van der Waals surface area contributed by atoms with E-state index in [1.165, 1.54) is 5.56 Å². The number of aromatic hydroxyl groups is 1. The average molecular weight is 429 g/mol. The number of anilines is 1. The highest BCUT2D eigenvalue weighted by Gasteiger charge is 2.42. The molecule has 2 aliphatic rings. The van der Waals surface area contributed by atoms with E-state index in [-0.39, 0.29) is 12.2 Å². The smallest absolute Gasteiger partial charge is 0.411 e. The fourth-order valence-electron chi connectivity index (χ4n) is 5.18. The summed E-state index contributed by atoms with van der Waals surface area (Å²) in [5.41, 5.74) is 4.03. The lowest BCUT2D eigenvalue weighted by atomic mass is 10.0. The lowest BCUT2D eigenvalue weighted by Gasteiger charge is -2.20. The van der Waals surface area contributed by atoms with Crippen LogP contribution in [0.4, 0.5) is 10.5 Å². The van der Waals surface area contributed by atoms with E-state index in [2.05, 4.69) is 10.2 Å². The van der Waals surface area contributed by atoms with E-state index in [9.17, 15) is 9.90 Å². The number of likely N-dealkylation sites (tertiary alicyclic amines) is 1. The largest absolute Gasteiger partial charge is 0.508 e. The van der Waals surface area contributed by atoms with Crippen LogP contribution < -0.4 is 5.32 Å². The minimum absolute atomic E-state index is 0.0234. The van der Waals surface area contributed by atoms with Crippen LogP contribution in [0.25, 0.3) is 11.1 Å². The third-order valence-corrected chi connectivity index (χ3v) is 6.65. The number of phenols is 1. The molecule has 2 N–H and O–H groups in total. The first kappa shape index (κ1) is 20.6. The molecule has 5 nitrogen and oxygen atoms in total. The quantitative estimate of drug-likeness (QED) is 0.562. The summed E-state index contributed by atoms with van der Waals surface area (Å²) in [4.78, 5) is 15.1. The van der Waals surface area contributed by atoms with E-state index in [4.69, 9.17) is 4.74 Å². The molecule has 1 saturated carbocycles. The van der Waals surface area contributed by atoms with Crippen molar-refractivity contribution in [1.82, 2.24) is 4.90 Å². The number of para-hydroxylation sites is 1. The number of ether oxygens (including phenoxy) is 1. The molecule has 0 spiro atoms. The van der Waals surface area contributed by atoms with E-state index in [0.717, 1.165) is 49.3 Å². The fourth-order valence-corrected chi connectivity index (χ4v) is 5.18. The van der Waals surface area contributed by atoms with Gasteiger partial charge in [-0.1, -0.05) is 60.7 Å². The van der Waals surface area contributed by atoms with Gasteiger partial charge in [0.25, 0.3) is 0 Å². The maximum atomic E-state index is 12.6. The number of phenolic OH excluding ortho intramolecular Hbond substituents is 1. The summed E-state index contributed by atoms with van der Waals surface area (Å²) in [5, 5.41) is 12.4. The molecule has 1 saturated heterocycles. The van der Waals surface area contributed by atoms with Crippen LogP contribution in [-0.4, -0.2) is 35.3 Å². The van der Waals surface area contributed by atoms with Gasteiger partial charge in [-0.3, -0.25) is 10.2 Å². The summed E-state index contributed by atoms with van der Waals surface area (Å²) < 4.78 is 5.81. The molecule has 1 aliphatic carbocycles. The molecule has 0 aromatic heterocycles. The number of hydrogen-bond acceptors (Lipinski definition) is 4. The summed E-state index contributed by atoms with van der Waals surface area (Å²) in [6.45, 7) is 2.96. The summed E-state index contributed by atoms with van der Waals surface area (Å²) in [7, 11) is 0. The topological polar surface area (TPSA) is 61.8 Å². The molecule has 1 aliphatic heterocycles. The molecule has 1 heterocycles. The van der Waals surface area contributed by atoms with Crippen LogP contribution in [-0.2, 0) is 11.3 Å². The Hall–Kier alpha value is -3.31. The molecule has 3 aromatic carbocycles. The summed E-state index contributed by atoms with van der Waals surface area (Å²) >= 11 is 0. The van der Waals surface area contributed by atoms with Gasteiger partial charge in [-0.2, -0.15) is 0 Å². The number of carbonyl (C=O) groups excluding carboxylic acids is 1. The molecule has 2 fully saturated rings. The van der Waals surface area contributed by atoms with Gasteiger partial charge < -0.3 is 9.84 Å². The van der Waals surface area contributed by atoms with Crippen LogP contribution in [0.3, 0.4) is 0 Å². The van der Waals surface area contributed by atoms with Crippen molar-refractivity contribution in [3.63, 3.8) is 0 Å². The van der Waals surface area contributed by atoms with Crippen molar-refractivity contribution in [2.75, 3.05) is 18.4 Å². The Kier molecular flexibility index (Phi) is 5.82. The van der Waals surface area contributed by atoms with Gasteiger partial charge in [-0.15, -0.1) is 0 Å². The van der Waals surface area contributed by atoms with Gasteiger partial charge in [0, 0.05) is 25.2 Å². The Bertz CT molecular complexity index is 1050. The Morgan fingerprint density at radius 3 is 2.28 bits per heavy atom. The van der Waals surface area contributed by atoms with E-state index in [0.29, 0.717) is 17.6 Å². The first-order valence-electron chi connectivity index (χ1n) is 11.3. The minimum atomic E-state index is -0.376. The van der Waals surface area contributed by atoms with Gasteiger partial charge in [-0.05, 0) is 54.0 Å². The zero-order chi connectivity index (χ0) is 21.9. The van der Waals surface area contributed by atoms with Gasteiger partial charge >= 0.3 is 6.09 Å². The zero-order valence-electron chi connectivity index (χ0n) is 18.0. The van der Waals surface area contributed by atoms with Gasteiger partial charge in [0.05, 0.1) is 5.69 Å². The van der Waals surface area contributed by atoms with Crippen LogP contribution in [0.1, 0.15) is 18.4 Å². The Balaban J connectivity index is 1.14. The molecule has 32 heavy (non-hydrogen) atoms. The maximum absolute atomic E-state index is 12.6. The first-order chi connectivity index (χ1) is 15.6. The van der Waals surface area contributed by atoms with Crippen LogP contribution in [0.2, 0.25) is 0 Å². The van der Waals surface area contributed by atoms with Gasteiger partial charge in [0.1, 0.15) is 11.9 Å². The highest BCUT2D eigenvalue weighted by Crippen LogP contribution is 2.40. The molecule has 1 amide bonds. The van der Waals surface area contributed by atoms with Crippen molar-refractivity contribution >= 4 is 11.8 Å². The van der Waals surface area contributed by atoms with E-state index in [1.54, 1.807) is 12.1 Å². The molecule has 5 heteroatoms. The van der Waals surface area contributed by atoms with E-state index in [1.807, 2.05) is 66.7 Å². The molecular weight excluding hydrogens is 400 g/mol. The summed E-state index contributed by atoms with van der Waals surface area (Å²) in [5.74, 6) is 1.44. The van der Waals surface area contributed by atoms with E-state index < -0.39 is 0 Å². The molecule has 0 bridgehead atoms. The van der Waals surface area contributed by atoms with Crippen molar-refractivity contribution in [2.45, 2.75) is 25.5 Å². The number of carbonyl (C=O) groups is 1. The van der Waals surface area contributed by atoms with Crippen LogP contribution >= 0.6 is 0 Å². The Labute approximate surface area is 188 Å². The lowest BCUT2D eigenvalue weighted by Crippen LogP contribution is -2.25. The number of hydrogen-bond donors (Lipinski definition) is 2. The minimum Gasteiger partial charge on any atom is -0.508 e. The summed E-state index contributed by atoms with van der Waals surface area (Å²) in [6, 6.07) is 25.3. The number of nitrogens with zero attached hydrogens (tertiary/aromatic N) is 1. The van der Waals surface area contributed by atoms with Crippen LogP contribution in [0.5, 0.6) is 5.75 Å². The molecule has 0 radical (unpaired) electrons. The predicted molar refractivity (Wildman–Crippen MR) is 125 cm³/mol. The molecule has 3 atom stereocenters. The van der Waals surface area contributed by atoms with Gasteiger partial charge in [-0.25, -0.2) is 4.79 Å². The van der Waals surface area contributed by atoms with Crippen molar-refractivity contribution < 1.29 is 14.6 Å². The fraction of sp³-hybridized carbons (Fsp3) is 0.296. The van der Waals surface area contributed by atoms with Crippen molar-refractivity contribution in [1.29, 1.82) is 0 Å². The second kappa shape index (κ2) is 9.05. The van der Waals surface area contributed by atoms with Crippen LogP contribution in [0.15, 0.2) is 78.9 Å². The molecular formula is C27H28N2O3. The highest BCUT2D eigenvalue weighted by atomic mass is 16.6. The lowest BCUT2D eigenvalue weighted by molar-refractivity contribution is 0.105. The third-order valence-electron chi connectivity index (χ3n) is 6.65.